The van der Waals surface area contributed by atoms with Crippen molar-refractivity contribution in [3.05, 3.63) is 234 Å². The molecule has 11 rings (SSSR count). The van der Waals surface area contributed by atoms with E-state index < -0.39 is 0 Å². The third-order valence-corrected chi connectivity index (χ3v) is 11.5. The third-order valence-electron chi connectivity index (χ3n) is 11.5. The Labute approximate surface area is 332 Å². The summed E-state index contributed by atoms with van der Waals surface area (Å²) in [5.41, 5.74) is 16.3. The van der Waals surface area contributed by atoms with E-state index in [0.717, 1.165) is 39.6 Å². The summed E-state index contributed by atoms with van der Waals surface area (Å²) in [4.78, 5) is 5.21. The molecule has 3 heterocycles. The SMILES string of the molecule is C1=C(c2cccc(-c3ccc4c(c3)c3cc5c(cc3n4-c3ccccc3)C(c3ccccc3)Nc3ccccc3-5)c2)N=C(c2ccccc2)NC1c1ccccc1. The molecule has 9 aromatic rings. The molecule has 270 valence electrons. The fourth-order valence-electron chi connectivity index (χ4n) is 8.71. The van der Waals surface area contributed by atoms with Crippen LogP contribution in [0.3, 0.4) is 0 Å². The maximum Gasteiger partial charge on any atom is 0.134 e. The quantitative estimate of drug-likeness (QED) is 0.179. The van der Waals surface area contributed by atoms with E-state index in [1.165, 1.54) is 55.2 Å². The summed E-state index contributed by atoms with van der Waals surface area (Å²) in [5.74, 6) is 0.872. The van der Waals surface area contributed by atoms with Crippen LogP contribution in [0.25, 0.3) is 55.4 Å². The Morgan fingerprint density at radius 1 is 0.439 bits per heavy atom. The van der Waals surface area contributed by atoms with Crippen LogP contribution in [0, 0.1) is 0 Å². The molecule has 0 saturated heterocycles. The van der Waals surface area contributed by atoms with E-state index in [2.05, 4.69) is 215 Å². The summed E-state index contributed by atoms with van der Waals surface area (Å²) >= 11 is 0. The Hall–Kier alpha value is -7.43. The Morgan fingerprint density at radius 2 is 1.07 bits per heavy atom. The molecule has 2 atom stereocenters. The topological polar surface area (TPSA) is 41.4 Å². The van der Waals surface area contributed by atoms with Crippen LogP contribution in [-0.2, 0) is 0 Å². The highest BCUT2D eigenvalue weighted by Crippen LogP contribution is 2.47. The largest absolute Gasteiger partial charge is 0.374 e. The van der Waals surface area contributed by atoms with Crippen LogP contribution in [0.4, 0.5) is 5.69 Å². The van der Waals surface area contributed by atoms with Crippen molar-refractivity contribution in [2.45, 2.75) is 12.1 Å². The predicted molar refractivity (Wildman–Crippen MR) is 237 cm³/mol. The first-order chi connectivity index (χ1) is 28.2. The number of anilines is 1. The second-order valence-corrected chi connectivity index (χ2v) is 14.9. The molecule has 2 unspecified atom stereocenters. The minimum absolute atomic E-state index is 0.00854. The van der Waals surface area contributed by atoms with Gasteiger partial charge in [0.1, 0.15) is 5.84 Å². The van der Waals surface area contributed by atoms with Crippen LogP contribution in [0.2, 0.25) is 0 Å². The van der Waals surface area contributed by atoms with Crippen molar-refractivity contribution < 1.29 is 0 Å². The molecule has 2 aliphatic heterocycles. The zero-order valence-corrected chi connectivity index (χ0v) is 31.2. The van der Waals surface area contributed by atoms with Gasteiger partial charge in [-0.2, -0.15) is 0 Å². The van der Waals surface area contributed by atoms with E-state index in [1.54, 1.807) is 0 Å². The van der Waals surface area contributed by atoms with Gasteiger partial charge in [-0.1, -0.05) is 152 Å². The number of aromatic nitrogens is 1. The van der Waals surface area contributed by atoms with Crippen LogP contribution < -0.4 is 10.6 Å². The maximum atomic E-state index is 5.21. The van der Waals surface area contributed by atoms with Crippen molar-refractivity contribution in [1.29, 1.82) is 0 Å². The number of benzene rings is 8. The zero-order valence-electron chi connectivity index (χ0n) is 31.2. The molecule has 0 fully saturated rings. The lowest BCUT2D eigenvalue weighted by molar-refractivity contribution is 0.781. The number of aliphatic imine (C=N–C) groups is 1. The van der Waals surface area contributed by atoms with Crippen LogP contribution in [0.1, 0.15) is 39.9 Å². The van der Waals surface area contributed by atoms with Crippen molar-refractivity contribution in [1.82, 2.24) is 9.88 Å². The molecule has 0 radical (unpaired) electrons. The summed E-state index contributed by atoms with van der Waals surface area (Å²) in [6, 6.07) is 71.9. The minimum Gasteiger partial charge on any atom is -0.374 e. The molecule has 2 N–H and O–H groups in total. The first-order valence-corrected chi connectivity index (χ1v) is 19.6. The highest BCUT2D eigenvalue weighted by Gasteiger charge is 2.28. The number of para-hydroxylation sites is 2. The van der Waals surface area contributed by atoms with Crippen molar-refractivity contribution in [3.63, 3.8) is 0 Å². The molecule has 2 aliphatic rings. The molecular formula is C53H38N4. The Bertz CT molecular complexity index is 3000. The van der Waals surface area contributed by atoms with Crippen LogP contribution in [0.5, 0.6) is 0 Å². The molecule has 4 heteroatoms. The number of fused-ring (bicyclic) bond motifs is 6. The first-order valence-electron chi connectivity index (χ1n) is 19.6. The monoisotopic (exact) mass is 730 g/mol. The Kier molecular flexibility index (Phi) is 7.92. The van der Waals surface area contributed by atoms with Gasteiger partial charge in [0.2, 0.25) is 0 Å². The van der Waals surface area contributed by atoms with E-state index in [4.69, 9.17) is 4.99 Å². The fraction of sp³-hybridized carbons (Fsp3) is 0.0377. The summed E-state index contributed by atoms with van der Waals surface area (Å²) in [5, 5.41) is 10.0. The second-order valence-electron chi connectivity index (χ2n) is 14.9. The van der Waals surface area contributed by atoms with Gasteiger partial charge in [0.05, 0.1) is 28.8 Å². The lowest BCUT2D eigenvalue weighted by Gasteiger charge is -2.30. The summed E-state index contributed by atoms with van der Waals surface area (Å²) < 4.78 is 2.43. The average Bonchev–Trinajstić information content (AvgIpc) is 3.61. The van der Waals surface area contributed by atoms with Crippen LogP contribution >= 0.6 is 0 Å². The molecular weight excluding hydrogens is 693 g/mol. The molecule has 0 bridgehead atoms. The predicted octanol–water partition coefficient (Wildman–Crippen LogP) is 12.8. The number of amidine groups is 1. The van der Waals surface area contributed by atoms with Gasteiger partial charge in [-0.3, -0.25) is 0 Å². The van der Waals surface area contributed by atoms with Gasteiger partial charge in [0.15, 0.2) is 0 Å². The molecule has 4 nitrogen and oxygen atoms in total. The molecule has 0 amide bonds. The number of nitrogens with zero attached hydrogens (tertiary/aromatic N) is 2. The molecule has 0 saturated carbocycles. The van der Waals surface area contributed by atoms with Gasteiger partial charge in [0.25, 0.3) is 0 Å². The van der Waals surface area contributed by atoms with Gasteiger partial charge >= 0.3 is 0 Å². The smallest absolute Gasteiger partial charge is 0.134 e. The van der Waals surface area contributed by atoms with Gasteiger partial charge in [-0.15, -0.1) is 0 Å². The second kappa shape index (κ2) is 13.7. The number of hydrogen-bond donors (Lipinski definition) is 2. The molecule has 0 aliphatic carbocycles. The van der Waals surface area contributed by atoms with Gasteiger partial charge in [-0.05, 0) is 88.0 Å². The van der Waals surface area contributed by atoms with E-state index in [1.807, 2.05) is 6.07 Å². The molecule has 57 heavy (non-hydrogen) atoms. The first kappa shape index (κ1) is 33.0. The van der Waals surface area contributed by atoms with Gasteiger partial charge < -0.3 is 15.2 Å². The Morgan fingerprint density at radius 3 is 1.86 bits per heavy atom. The van der Waals surface area contributed by atoms with Gasteiger partial charge in [0, 0.05) is 38.8 Å². The third kappa shape index (κ3) is 5.82. The van der Waals surface area contributed by atoms with E-state index in [9.17, 15) is 0 Å². The average molecular weight is 731 g/mol. The lowest BCUT2D eigenvalue weighted by Crippen LogP contribution is -2.31. The summed E-state index contributed by atoms with van der Waals surface area (Å²) in [6.07, 6.45) is 2.25. The van der Waals surface area contributed by atoms with Crippen molar-refractivity contribution in [2.75, 3.05) is 5.32 Å². The fourth-order valence-corrected chi connectivity index (χ4v) is 8.71. The normalized spacial score (nSPS) is 15.9. The maximum absolute atomic E-state index is 5.21. The lowest BCUT2D eigenvalue weighted by atomic mass is 9.85. The van der Waals surface area contributed by atoms with Crippen LogP contribution in [-0.4, -0.2) is 10.4 Å². The highest BCUT2D eigenvalue weighted by atomic mass is 15.0. The van der Waals surface area contributed by atoms with E-state index in [0.29, 0.717) is 0 Å². The molecule has 0 spiro atoms. The van der Waals surface area contributed by atoms with E-state index >= 15 is 0 Å². The summed E-state index contributed by atoms with van der Waals surface area (Å²) in [6.45, 7) is 0. The zero-order chi connectivity index (χ0) is 37.7. The minimum atomic E-state index is -0.00854. The van der Waals surface area contributed by atoms with Crippen LogP contribution in [0.15, 0.2) is 211 Å². The van der Waals surface area contributed by atoms with Crippen molar-refractivity contribution >= 4 is 39.0 Å². The number of nitrogens with one attached hydrogen (secondary N) is 2. The summed E-state index contributed by atoms with van der Waals surface area (Å²) in [7, 11) is 0. The number of hydrogen-bond acceptors (Lipinski definition) is 3. The van der Waals surface area contributed by atoms with E-state index in [-0.39, 0.29) is 12.1 Å². The van der Waals surface area contributed by atoms with Gasteiger partial charge in [-0.25, -0.2) is 4.99 Å². The van der Waals surface area contributed by atoms with Crippen molar-refractivity contribution in [3.8, 4) is 27.9 Å². The van der Waals surface area contributed by atoms with Crippen molar-refractivity contribution in [2.24, 2.45) is 4.99 Å². The molecule has 1 aromatic heterocycles. The number of rotatable bonds is 6. The molecule has 8 aromatic carbocycles. The standard InChI is InChI=1S/C53H38N4/c1-5-16-35(17-6-1)48-34-49(56-53(55-48)37-20-9-3-10-21-37)40-23-15-22-38(30-40)39-28-29-50-44(31-39)45-32-43-42-26-13-14-27-47(42)54-52(36-18-7-2-8-19-36)46(43)33-51(45)57(50)41-24-11-4-12-25-41/h1-34,48,52,54H,(H,55,56). The Balaban J connectivity index is 1.08. The highest BCUT2D eigenvalue weighted by molar-refractivity contribution is 6.13.